The fourth-order valence-corrected chi connectivity index (χ4v) is 4.39. The van der Waals surface area contributed by atoms with Crippen molar-refractivity contribution in [3.8, 4) is 0 Å². The summed E-state index contributed by atoms with van der Waals surface area (Å²) in [5.41, 5.74) is 3.56. The summed E-state index contributed by atoms with van der Waals surface area (Å²) in [7, 11) is 0. The fraction of sp³-hybridized carbons (Fsp3) is 0.192. The minimum atomic E-state index is -0.236. The maximum atomic E-state index is 13.5. The summed E-state index contributed by atoms with van der Waals surface area (Å²) in [5.74, 6) is -0.0766. The lowest BCUT2D eigenvalue weighted by atomic mass is 10.1. The van der Waals surface area contributed by atoms with Gasteiger partial charge >= 0.3 is 0 Å². The lowest BCUT2D eigenvalue weighted by Gasteiger charge is -2.24. The Balaban J connectivity index is 1.52. The summed E-state index contributed by atoms with van der Waals surface area (Å²) >= 11 is 1.02. The lowest BCUT2D eigenvalue weighted by Crippen LogP contribution is -2.33. The molecule has 0 radical (unpaired) electrons. The maximum absolute atomic E-state index is 13.5. The van der Waals surface area contributed by atoms with Crippen LogP contribution in [0.1, 0.15) is 27.0 Å². The molecule has 1 aliphatic heterocycles. The number of carbonyl (C=O) groups excluding carboxylic acids is 3. The third-order valence-corrected chi connectivity index (χ3v) is 6.23. The molecule has 0 aromatic heterocycles. The van der Waals surface area contributed by atoms with Crippen molar-refractivity contribution in [1.82, 2.24) is 9.80 Å². The molecule has 3 aromatic rings. The van der Waals surface area contributed by atoms with Crippen LogP contribution in [0.2, 0.25) is 0 Å². The standard InChI is InChI=1S/C26H24N2O3S/c29-24-19-32-26(31)28(24)18-22-12-7-13-23(16-22)25(30)27(17-21-10-5-2-6-11-21)15-14-20-8-3-1-4-9-20/h1-13,16H,14-15,17-19H2. The van der Waals surface area contributed by atoms with Crippen LogP contribution in [0.25, 0.3) is 0 Å². The van der Waals surface area contributed by atoms with Gasteiger partial charge in [-0.3, -0.25) is 19.3 Å². The lowest BCUT2D eigenvalue weighted by molar-refractivity contribution is -0.125. The SMILES string of the molecule is O=C(c1cccc(CN2C(=O)CSC2=O)c1)N(CCc1ccccc1)Cc1ccccc1. The Bertz CT molecular complexity index is 1090. The van der Waals surface area contributed by atoms with E-state index in [-0.39, 0.29) is 29.4 Å². The Labute approximate surface area is 192 Å². The second-order valence-corrected chi connectivity index (χ2v) is 8.61. The summed E-state index contributed by atoms with van der Waals surface area (Å²) in [4.78, 5) is 40.4. The summed E-state index contributed by atoms with van der Waals surface area (Å²) in [5, 5.41) is -0.236. The number of hydrogen-bond donors (Lipinski definition) is 0. The number of thioether (sulfide) groups is 1. The van der Waals surface area contributed by atoms with Crippen LogP contribution in [0.5, 0.6) is 0 Å². The molecular weight excluding hydrogens is 420 g/mol. The molecule has 6 heteroatoms. The first-order valence-electron chi connectivity index (χ1n) is 10.5. The number of rotatable bonds is 8. The molecule has 0 atom stereocenters. The first-order chi connectivity index (χ1) is 15.6. The normalized spacial score (nSPS) is 13.4. The van der Waals surface area contributed by atoms with Gasteiger partial charge in [-0.15, -0.1) is 0 Å². The number of benzene rings is 3. The minimum absolute atomic E-state index is 0.0694. The molecule has 1 fully saturated rings. The average molecular weight is 445 g/mol. The van der Waals surface area contributed by atoms with E-state index in [0.29, 0.717) is 18.7 Å². The van der Waals surface area contributed by atoms with E-state index in [4.69, 9.17) is 0 Å². The number of carbonyl (C=O) groups is 3. The van der Waals surface area contributed by atoms with Crippen LogP contribution in [0.15, 0.2) is 84.9 Å². The molecule has 0 N–H and O–H groups in total. The van der Waals surface area contributed by atoms with Gasteiger partial charge in [0.25, 0.3) is 11.1 Å². The second-order valence-electron chi connectivity index (χ2n) is 7.68. The van der Waals surface area contributed by atoms with Gasteiger partial charge in [-0.2, -0.15) is 0 Å². The molecule has 1 aliphatic rings. The van der Waals surface area contributed by atoms with Crippen molar-refractivity contribution in [3.05, 3.63) is 107 Å². The number of amides is 3. The molecule has 4 rings (SSSR count). The average Bonchev–Trinajstić information content (AvgIpc) is 3.15. The van der Waals surface area contributed by atoms with Crippen molar-refractivity contribution in [2.75, 3.05) is 12.3 Å². The molecule has 5 nitrogen and oxygen atoms in total. The first-order valence-corrected chi connectivity index (χ1v) is 11.5. The molecule has 0 aliphatic carbocycles. The second kappa shape index (κ2) is 10.3. The number of imide groups is 1. The third kappa shape index (κ3) is 5.45. The van der Waals surface area contributed by atoms with Gasteiger partial charge < -0.3 is 4.90 Å². The highest BCUT2D eigenvalue weighted by atomic mass is 32.2. The fourth-order valence-electron chi connectivity index (χ4n) is 3.67. The van der Waals surface area contributed by atoms with Crippen LogP contribution in [0, 0.1) is 0 Å². The van der Waals surface area contributed by atoms with Crippen LogP contribution in [0.3, 0.4) is 0 Å². The molecule has 0 bridgehead atoms. The maximum Gasteiger partial charge on any atom is 0.289 e. The van der Waals surface area contributed by atoms with Gasteiger partial charge in [-0.25, -0.2) is 0 Å². The van der Waals surface area contributed by atoms with Gasteiger partial charge in [0.2, 0.25) is 5.91 Å². The monoisotopic (exact) mass is 444 g/mol. The van der Waals surface area contributed by atoms with Gasteiger partial charge in [-0.05, 0) is 35.2 Å². The Morgan fingerprint density at radius 1 is 0.844 bits per heavy atom. The van der Waals surface area contributed by atoms with E-state index in [2.05, 4.69) is 12.1 Å². The van der Waals surface area contributed by atoms with Gasteiger partial charge in [0.1, 0.15) is 0 Å². The van der Waals surface area contributed by atoms with E-state index in [1.807, 2.05) is 59.5 Å². The zero-order valence-corrected chi connectivity index (χ0v) is 18.5. The Morgan fingerprint density at radius 2 is 1.50 bits per heavy atom. The molecule has 3 aromatic carbocycles. The van der Waals surface area contributed by atoms with Crippen LogP contribution >= 0.6 is 11.8 Å². The molecule has 162 valence electrons. The van der Waals surface area contributed by atoms with Crippen LogP contribution in [-0.4, -0.2) is 39.2 Å². The van der Waals surface area contributed by atoms with E-state index < -0.39 is 0 Å². The number of hydrogen-bond acceptors (Lipinski definition) is 4. The van der Waals surface area contributed by atoms with Crippen molar-refractivity contribution in [2.24, 2.45) is 0 Å². The Kier molecular flexibility index (Phi) is 7.02. The topological polar surface area (TPSA) is 57.7 Å². The quantitative estimate of drug-likeness (QED) is 0.502. The molecule has 0 saturated carbocycles. The van der Waals surface area contributed by atoms with Gasteiger partial charge in [0, 0.05) is 18.7 Å². The molecule has 1 saturated heterocycles. The van der Waals surface area contributed by atoms with Crippen molar-refractivity contribution >= 4 is 28.8 Å². The molecule has 32 heavy (non-hydrogen) atoms. The summed E-state index contributed by atoms with van der Waals surface area (Å²) in [6.45, 7) is 1.28. The molecule has 0 spiro atoms. The Hall–Kier alpha value is -3.38. The van der Waals surface area contributed by atoms with Crippen molar-refractivity contribution in [1.29, 1.82) is 0 Å². The highest BCUT2D eigenvalue weighted by molar-refractivity contribution is 8.14. The predicted octanol–water partition coefficient (Wildman–Crippen LogP) is 4.77. The van der Waals surface area contributed by atoms with Crippen molar-refractivity contribution in [3.63, 3.8) is 0 Å². The van der Waals surface area contributed by atoms with Crippen molar-refractivity contribution < 1.29 is 14.4 Å². The molecule has 1 heterocycles. The first kappa shape index (κ1) is 21.8. The predicted molar refractivity (Wildman–Crippen MR) is 126 cm³/mol. The van der Waals surface area contributed by atoms with Gasteiger partial charge in [-0.1, -0.05) is 84.6 Å². The van der Waals surface area contributed by atoms with E-state index in [9.17, 15) is 14.4 Å². The largest absolute Gasteiger partial charge is 0.334 e. The summed E-state index contributed by atoms with van der Waals surface area (Å²) in [6.07, 6.45) is 0.757. The highest BCUT2D eigenvalue weighted by Gasteiger charge is 2.30. The van der Waals surface area contributed by atoms with Gasteiger partial charge in [0.15, 0.2) is 0 Å². The van der Waals surface area contributed by atoms with E-state index in [1.54, 1.807) is 18.2 Å². The van der Waals surface area contributed by atoms with E-state index in [1.165, 1.54) is 10.5 Å². The Morgan fingerprint density at radius 3 is 2.16 bits per heavy atom. The minimum Gasteiger partial charge on any atom is -0.334 e. The zero-order chi connectivity index (χ0) is 22.3. The summed E-state index contributed by atoms with van der Waals surface area (Å²) in [6, 6.07) is 27.3. The van der Waals surface area contributed by atoms with Crippen LogP contribution in [-0.2, 0) is 24.3 Å². The molecular formula is C26H24N2O3S. The zero-order valence-electron chi connectivity index (χ0n) is 17.6. The third-order valence-electron chi connectivity index (χ3n) is 5.37. The van der Waals surface area contributed by atoms with Crippen LogP contribution < -0.4 is 0 Å². The van der Waals surface area contributed by atoms with Crippen LogP contribution in [0.4, 0.5) is 4.79 Å². The smallest absolute Gasteiger partial charge is 0.289 e. The van der Waals surface area contributed by atoms with Gasteiger partial charge in [0.05, 0.1) is 12.3 Å². The highest BCUT2D eigenvalue weighted by Crippen LogP contribution is 2.22. The van der Waals surface area contributed by atoms with E-state index in [0.717, 1.165) is 29.3 Å². The van der Waals surface area contributed by atoms with E-state index >= 15 is 0 Å². The summed E-state index contributed by atoms with van der Waals surface area (Å²) < 4.78 is 0. The molecule has 3 amide bonds. The number of nitrogens with zero attached hydrogens (tertiary/aromatic N) is 2. The molecule has 0 unspecified atom stereocenters. The van der Waals surface area contributed by atoms with Crippen molar-refractivity contribution in [2.45, 2.75) is 19.5 Å².